The minimum Gasteiger partial charge on any atom is -0.493 e. The Morgan fingerprint density at radius 1 is 1.19 bits per heavy atom. The SMILES string of the molecule is CCCOc1ccc(/C=C/C(=O)OCC(=O)NC(=O)NC(C)C)cc1OC. The molecule has 0 saturated carbocycles. The van der Waals surface area contributed by atoms with E-state index in [1.165, 1.54) is 19.3 Å². The number of ether oxygens (including phenoxy) is 3. The van der Waals surface area contributed by atoms with Crippen molar-refractivity contribution in [3.05, 3.63) is 29.8 Å². The number of nitrogens with one attached hydrogen (secondary N) is 2. The van der Waals surface area contributed by atoms with Crippen LogP contribution in [0.2, 0.25) is 0 Å². The molecule has 0 aromatic heterocycles. The molecule has 27 heavy (non-hydrogen) atoms. The third-order valence-corrected chi connectivity index (χ3v) is 3.08. The molecular weight excluding hydrogens is 352 g/mol. The van der Waals surface area contributed by atoms with E-state index in [0.717, 1.165) is 6.42 Å². The second kappa shape index (κ2) is 11.6. The number of benzene rings is 1. The van der Waals surface area contributed by atoms with Crippen molar-refractivity contribution >= 4 is 24.0 Å². The van der Waals surface area contributed by atoms with Gasteiger partial charge in [0, 0.05) is 12.1 Å². The Labute approximate surface area is 158 Å². The van der Waals surface area contributed by atoms with Crippen molar-refractivity contribution < 1.29 is 28.6 Å². The van der Waals surface area contributed by atoms with E-state index in [-0.39, 0.29) is 6.04 Å². The Morgan fingerprint density at radius 2 is 1.93 bits per heavy atom. The maximum absolute atomic E-state index is 11.7. The number of carbonyl (C=O) groups excluding carboxylic acids is 3. The minimum atomic E-state index is -0.714. The maximum Gasteiger partial charge on any atom is 0.331 e. The van der Waals surface area contributed by atoms with Crippen molar-refractivity contribution in [2.45, 2.75) is 33.2 Å². The number of hydrogen-bond acceptors (Lipinski definition) is 6. The van der Waals surface area contributed by atoms with E-state index >= 15 is 0 Å². The van der Waals surface area contributed by atoms with Crippen LogP contribution in [0.25, 0.3) is 6.08 Å². The van der Waals surface area contributed by atoms with Gasteiger partial charge in [-0.2, -0.15) is 0 Å². The van der Waals surface area contributed by atoms with E-state index in [4.69, 9.17) is 14.2 Å². The summed E-state index contributed by atoms with van der Waals surface area (Å²) in [5.41, 5.74) is 0.702. The van der Waals surface area contributed by atoms with Gasteiger partial charge < -0.3 is 19.5 Å². The average Bonchev–Trinajstić information content (AvgIpc) is 2.62. The summed E-state index contributed by atoms with van der Waals surface area (Å²) in [7, 11) is 1.53. The lowest BCUT2D eigenvalue weighted by atomic mass is 10.2. The topological polar surface area (TPSA) is 103 Å². The molecule has 0 bridgehead atoms. The highest BCUT2D eigenvalue weighted by Gasteiger charge is 2.10. The number of urea groups is 1. The molecule has 0 saturated heterocycles. The van der Waals surface area contributed by atoms with Crippen molar-refractivity contribution in [2.75, 3.05) is 20.3 Å². The van der Waals surface area contributed by atoms with Gasteiger partial charge in [-0.15, -0.1) is 0 Å². The summed E-state index contributed by atoms with van der Waals surface area (Å²) in [5.74, 6) is -0.251. The van der Waals surface area contributed by atoms with Gasteiger partial charge in [0.25, 0.3) is 5.91 Å². The van der Waals surface area contributed by atoms with E-state index in [1.54, 1.807) is 32.0 Å². The van der Waals surface area contributed by atoms with Crippen LogP contribution in [0, 0.1) is 0 Å². The lowest BCUT2D eigenvalue weighted by molar-refractivity contribution is -0.143. The van der Waals surface area contributed by atoms with Crippen LogP contribution in [0.15, 0.2) is 24.3 Å². The maximum atomic E-state index is 11.7. The van der Waals surface area contributed by atoms with Crippen molar-refractivity contribution in [2.24, 2.45) is 0 Å². The van der Waals surface area contributed by atoms with E-state index in [2.05, 4.69) is 10.6 Å². The molecule has 0 spiro atoms. The highest BCUT2D eigenvalue weighted by atomic mass is 16.5. The molecular formula is C19H26N2O6. The molecule has 0 radical (unpaired) electrons. The Hall–Kier alpha value is -3.03. The highest BCUT2D eigenvalue weighted by molar-refractivity contribution is 5.96. The first-order valence-electron chi connectivity index (χ1n) is 8.61. The van der Waals surface area contributed by atoms with E-state index in [1.807, 2.05) is 6.92 Å². The zero-order valence-electron chi connectivity index (χ0n) is 16.0. The molecule has 148 valence electrons. The van der Waals surface area contributed by atoms with Crippen molar-refractivity contribution in [1.82, 2.24) is 10.6 Å². The third kappa shape index (κ3) is 8.75. The van der Waals surface area contributed by atoms with Gasteiger partial charge >= 0.3 is 12.0 Å². The van der Waals surface area contributed by atoms with Crippen LogP contribution in [0.4, 0.5) is 4.79 Å². The Balaban J connectivity index is 2.53. The molecule has 0 atom stereocenters. The lowest BCUT2D eigenvalue weighted by Gasteiger charge is -2.10. The van der Waals surface area contributed by atoms with Crippen LogP contribution < -0.4 is 20.1 Å². The second-order valence-electron chi connectivity index (χ2n) is 5.88. The predicted octanol–water partition coefficient (Wildman–Crippen LogP) is 2.27. The summed E-state index contributed by atoms with van der Waals surface area (Å²) in [5, 5.41) is 4.55. The fourth-order valence-corrected chi connectivity index (χ4v) is 1.93. The largest absolute Gasteiger partial charge is 0.493 e. The molecule has 3 amide bonds. The van der Waals surface area contributed by atoms with Gasteiger partial charge in [-0.25, -0.2) is 9.59 Å². The number of esters is 1. The van der Waals surface area contributed by atoms with E-state index < -0.39 is 24.5 Å². The second-order valence-corrected chi connectivity index (χ2v) is 5.88. The molecule has 0 aliphatic heterocycles. The molecule has 0 aliphatic carbocycles. The van der Waals surface area contributed by atoms with E-state index in [0.29, 0.717) is 23.7 Å². The quantitative estimate of drug-likeness (QED) is 0.505. The minimum absolute atomic E-state index is 0.112. The normalized spacial score (nSPS) is 10.6. The van der Waals surface area contributed by atoms with Gasteiger partial charge in [0.15, 0.2) is 18.1 Å². The Kier molecular flexibility index (Phi) is 9.42. The smallest absolute Gasteiger partial charge is 0.331 e. The third-order valence-electron chi connectivity index (χ3n) is 3.08. The van der Waals surface area contributed by atoms with Crippen molar-refractivity contribution in [1.29, 1.82) is 0 Å². The van der Waals surface area contributed by atoms with Gasteiger partial charge in [-0.05, 0) is 44.0 Å². The number of hydrogen-bond donors (Lipinski definition) is 2. The predicted molar refractivity (Wildman–Crippen MR) is 101 cm³/mol. The van der Waals surface area contributed by atoms with Crippen LogP contribution in [-0.2, 0) is 14.3 Å². The Bertz CT molecular complexity index is 685. The number of methoxy groups -OCH3 is 1. The molecule has 1 aromatic rings. The van der Waals surface area contributed by atoms with Crippen LogP contribution in [-0.4, -0.2) is 44.3 Å². The zero-order valence-corrected chi connectivity index (χ0v) is 16.0. The van der Waals surface area contributed by atoms with Gasteiger partial charge in [-0.1, -0.05) is 13.0 Å². The summed E-state index contributed by atoms with van der Waals surface area (Å²) >= 11 is 0. The summed E-state index contributed by atoms with van der Waals surface area (Å²) in [6.45, 7) is 5.54. The number of amides is 3. The number of rotatable bonds is 9. The van der Waals surface area contributed by atoms with Crippen molar-refractivity contribution in [3.8, 4) is 11.5 Å². The van der Waals surface area contributed by atoms with Crippen LogP contribution in [0.5, 0.6) is 11.5 Å². The number of imide groups is 1. The van der Waals surface area contributed by atoms with Gasteiger partial charge in [-0.3, -0.25) is 10.1 Å². The van der Waals surface area contributed by atoms with Gasteiger partial charge in [0.2, 0.25) is 0 Å². The van der Waals surface area contributed by atoms with Crippen molar-refractivity contribution in [3.63, 3.8) is 0 Å². The molecule has 1 rings (SSSR count). The molecule has 2 N–H and O–H groups in total. The fraction of sp³-hybridized carbons (Fsp3) is 0.421. The summed E-state index contributed by atoms with van der Waals surface area (Å²) < 4.78 is 15.6. The van der Waals surface area contributed by atoms with Gasteiger partial charge in [0.1, 0.15) is 0 Å². The highest BCUT2D eigenvalue weighted by Crippen LogP contribution is 2.28. The summed E-state index contributed by atoms with van der Waals surface area (Å²) in [6, 6.07) is 4.48. The standard InChI is InChI=1S/C19H26N2O6/c1-5-10-26-15-8-6-14(11-16(15)25-4)7-9-18(23)27-12-17(22)21-19(24)20-13(2)3/h6-9,11,13H,5,10,12H2,1-4H3,(H2,20,21,22,24)/b9-7+. The van der Waals surface area contributed by atoms with Gasteiger partial charge in [0.05, 0.1) is 13.7 Å². The molecule has 0 heterocycles. The fourth-order valence-electron chi connectivity index (χ4n) is 1.93. The first-order valence-corrected chi connectivity index (χ1v) is 8.61. The molecule has 0 fully saturated rings. The monoisotopic (exact) mass is 378 g/mol. The molecule has 1 aromatic carbocycles. The summed E-state index contributed by atoms with van der Waals surface area (Å²) in [6.07, 6.45) is 3.59. The first-order chi connectivity index (χ1) is 12.8. The average molecular weight is 378 g/mol. The summed E-state index contributed by atoms with van der Waals surface area (Å²) in [4.78, 5) is 34.6. The number of carbonyl (C=O) groups is 3. The zero-order chi connectivity index (χ0) is 20.2. The first kappa shape index (κ1) is 22.0. The van der Waals surface area contributed by atoms with Crippen LogP contribution >= 0.6 is 0 Å². The molecule has 0 unspecified atom stereocenters. The Morgan fingerprint density at radius 3 is 2.56 bits per heavy atom. The van der Waals surface area contributed by atoms with Crippen LogP contribution in [0.1, 0.15) is 32.8 Å². The molecule has 8 heteroatoms. The molecule has 0 aliphatic rings. The van der Waals surface area contributed by atoms with Crippen LogP contribution in [0.3, 0.4) is 0 Å². The lowest BCUT2D eigenvalue weighted by Crippen LogP contribution is -2.43. The molecule has 8 nitrogen and oxygen atoms in total. The van der Waals surface area contributed by atoms with E-state index in [9.17, 15) is 14.4 Å².